The van der Waals surface area contributed by atoms with Gasteiger partial charge in [0.2, 0.25) is 5.91 Å². The van der Waals surface area contributed by atoms with E-state index in [1.165, 1.54) is 29.1 Å². The zero-order chi connectivity index (χ0) is 20.1. The smallest absolute Gasteiger partial charge is 0.240 e. The third-order valence-corrected chi connectivity index (χ3v) is 6.87. The molecular formula is C22H31N5OS. The molecule has 1 aromatic heterocycles. The maximum Gasteiger partial charge on any atom is 0.240 e. The topological polar surface area (TPSA) is 51.7 Å². The van der Waals surface area contributed by atoms with E-state index in [-0.39, 0.29) is 5.91 Å². The Kier molecular flexibility index (Phi) is 6.79. The van der Waals surface area contributed by atoms with Crippen LogP contribution in [0, 0.1) is 0 Å². The van der Waals surface area contributed by atoms with E-state index >= 15 is 0 Å². The van der Waals surface area contributed by atoms with E-state index in [0.29, 0.717) is 6.54 Å². The quantitative estimate of drug-likeness (QED) is 0.756. The highest BCUT2D eigenvalue weighted by Gasteiger charge is 2.19. The van der Waals surface area contributed by atoms with Crippen LogP contribution in [0.2, 0.25) is 0 Å². The first-order valence-electron chi connectivity index (χ1n) is 10.7. The molecular weight excluding hydrogens is 382 g/mol. The number of hydrogen-bond donors (Lipinski definition) is 1. The van der Waals surface area contributed by atoms with Gasteiger partial charge in [-0.15, -0.1) is 11.3 Å². The molecule has 0 spiro atoms. The maximum absolute atomic E-state index is 12.4. The number of nitrogens with zero attached hydrogens (tertiary/aromatic N) is 4. The Labute approximate surface area is 177 Å². The van der Waals surface area contributed by atoms with Crippen molar-refractivity contribution in [3.63, 3.8) is 0 Å². The van der Waals surface area contributed by atoms with Crippen LogP contribution in [0.3, 0.4) is 0 Å². The Morgan fingerprint density at radius 1 is 1.14 bits per heavy atom. The molecule has 7 heteroatoms. The highest BCUT2D eigenvalue weighted by molar-refractivity contribution is 7.15. The lowest BCUT2D eigenvalue weighted by Gasteiger charge is -2.36. The molecule has 0 unspecified atom stereocenters. The van der Waals surface area contributed by atoms with Crippen LogP contribution in [-0.2, 0) is 17.6 Å². The second-order valence-electron chi connectivity index (χ2n) is 8.05. The maximum atomic E-state index is 12.4. The lowest BCUT2D eigenvalue weighted by molar-refractivity contribution is -0.117. The van der Waals surface area contributed by atoms with Crippen molar-refractivity contribution in [3.05, 3.63) is 40.9 Å². The number of amides is 1. The third-order valence-electron chi connectivity index (χ3n) is 5.80. The fraction of sp³-hybridized carbons (Fsp3) is 0.545. The van der Waals surface area contributed by atoms with Gasteiger partial charge in [-0.2, -0.15) is 0 Å². The van der Waals surface area contributed by atoms with Crippen LogP contribution in [0.15, 0.2) is 30.3 Å². The number of aromatic nitrogens is 1. The first kappa shape index (κ1) is 20.3. The van der Waals surface area contributed by atoms with E-state index in [2.05, 4.69) is 55.3 Å². The van der Waals surface area contributed by atoms with E-state index in [1.54, 1.807) is 11.3 Å². The average Bonchev–Trinajstić information content (AvgIpc) is 3.15. The third kappa shape index (κ3) is 5.56. The van der Waals surface area contributed by atoms with Crippen molar-refractivity contribution in [2.75, 3.05) is 63.1 Å². The van der Waals surface area contributed by atoms with Crippen LogP contribution < -0.4 is 10.2 Å². The van der Waals surface area contributed by atoms with E-state index < -0.39 is 0 Å². The number of fused-ring (bicyclic) bond motifs is 1. The van der Waals surface area contributed by atoms with Crippen molar-refractivity contribution in [2.45, 2.75) is 25.7 Å². The second kappa shape index (κ2) is 9.69. The molecule has 0 atom stereocenters. The number of aryl methyl sites for hydroxylation is 2. The highest BCUT2D eigenvalue weighted by Crippen LogP contribution is 2.29. The van der Waals surface area contributed by atoms with Crippen molar-refractivity contribution in [1.29, 1.82) is 0 Å². The zero-order valence-corrected chi connectivity index (χ0v) is 18.1. The molecule has 0 radical (unpaired) electrons. The number of para-hydroxylation sites is 1. The van der Waals surface area contributed by atoms with Gasteiger partial charge in [-0.05, 0) is 44.9 Å². The molecule has 4 rings (SSSR count). The molecule has 6 nitrogen and oxygen atoms in total. The van der Waals surface area contributed by atoms with Crippen molar-refractivity contribution in [1.82, 2.24) is 14.8 Å². The SMILES string of the molecule is CN(CCN1CCN(c2ccccc2)CC1)CC(=O)Nc1nc2c(s1)CCCC2. The van der Waals surface area contributed by atoms with Gasteiger partial charge < -0.3 is 10.2 Å². The first-order chi connectivity index (χ1) is 14.2. The first-order valence-corrected chi connectivity index (χ1v) is 11.5. The van der Waals surface area contributed by atoms with Crippen LogP contribution >= 0.6 is 11.3 Å². The Morgan fingerprint density at radius 2 is 1.90 bits per heavy atom. The molecule has 156 valence electrons. The number of piperazine rings is 1. The Hall–Kier alpha value is -1.96. The largest absolute Gasteiger partial charge is 0.369 e. The summed E-state index contributed by atoms with van der Waals surface area (Å²) < 4.78 is 0. The van der Waals surface area contributed by atoms with Crippen molar-refractivity contribution in [2.24, 2.45) is 0 Å². The van der Waals surface area contributed by atoms with Crippen LogP contribution in [0.5, 0.6) is 0 Å². The number of carbonyl (C=O) groups excluding carboxylic acids is 1. The Balaban J connectivity index is 1.16. The summed E-state index contributed by atoms with van der Waals surface area (Å²) in [6.45, 7) is 6.56. The summed E-state index contributed by atoms with van der Waals surface area (Å²) in [7, 11) is 2.02. The predicted molar refractivity (Wildman–Crippen MR) is 120 cm³/mol. The minimum absolute atomic E-state index is 0.0347. The van der Waals surface area contributed by atoms with Gasteiger partial charge in [0.15, 0.2) is 5.13 Å². The number of nitrogens with one attached hydrogen (secondary N) is 1. The number of benzene rings is 1. The fourth-order valence-electron chi connectivity index (χ4n) is 4.07. The number of likely N-dealkylation sites (N-methyl/N-ethyl adjacent to an activating group) is 1. The number of anilines is 2. The summed E-state index contributed by atoms with van der Waals surface area (Å²) in [5.74, 6) is 0.0347. The van der Waals surface area contributed by atoms with Crippen LogP contribution in [-0.4, -0.2) is 73.6 Å². The standard InChI is InChI=1S/C22H31N5OS/c1-25(17-21(28)24-22-23-19-9-5-6-10-20(19)29-22)11-12-26-13-15-27(16-14-26)18-7-3-2-4-8-18/h2-4,7-8H,5-6,9-17H2,1H3,(H,23,24,28). The van der Waals surface area contributed by atoms with Gasteiger partial charge >= 0.3 is 0 Å². The summed E-state index contributed by atoms with van der Waals surface area (Å²) >= 11 is 1.65. The van der Waals surface area contributed by atoms with Gasteiger partial charge in [0.05, 0.1) is 12.2 Å². The van der Waals surface area contributed by atoms with Gasteiger partial charge in [0.1, 0.15) is 0 Å². The van der Waals surface area contributed by atoms with Gasteiger partial charge in [0.25, 0.3) is 0 Å². The Bertz CT molecular complexity index is 777. The predicted octanol–water partition coefficient (Wildman–Crippen LogP) is 2.71. The second-order valence-corrected chi connectivity index (χ2v) is 9.13. The van der Waals surface area contributed by atoms with Gasteiger partial charge in [-0.3, -0.25) is 14.6 Å². The van der Waals surface area contributed by atoms with Crippen molar-refractivity contribution < 1.29 is 4.79 Å². The summed E-state index contributed by atoms with van der Waals surface area (Å²) in [4.78, 5) is 25.4. The van der Waals surface area contributed by atoms with Crippen LogP contribution in [0.25, 0.3) is 0 Å². The van der Waals surface area contributed by atoms with Gasteiger partial charge in [-0.1, -0.05) is 18.2 Å². The highest BCUT2D eigenvalue weighted by atomic mass is 32.1. The molecule has 1 amide bonds. The molecule has 29 heavy (non-hydrogen) atoms. The summed E-state index contributed by atoms with van der Waals surface area (Å²) in [6.07, 6.45) is 4.62. The van der Waals surface area contributed by atoms with Crippen LogP contribution in [0.4, 0.5) is 10.8 Å². The lowest BCUT2D eigenvalue weighted by Crippen LogP contribution is -2.48. The lowest BCUT2D eigenvalue weighted by atomic mass is 10.0. The van der Waals surface area contributed by atoms with E-state index in [9.17, 15) is 4.79 Å². The van der Waals surface area contributed by atoms with E-state index in [1.807, 2.05) is 7.05 Å². The summed E-state index contributed by atoms with van der Waals surface area (Å²) in [5.41, 5.74) is 2.50. The molecule has 1 N–H and O–H groups in total. The molecule has 2 aromatic rings. The zero-order valence-electron chi connectivity index (χ0n) is 17.3. The molecule has 0 bridgehead atoms. The number of carbonyl (C=O) groups is 1. The minimum atomic E-state index is 0.0347. The molecule has 1 aliphatic heterocycles. The summed E-state index contributed by atoms with van der Waals surface area (Å²) in [6, 6.07) is 10.6. The molecule has 1 aliphatic carbocycles. The number of hydrogen-bond acceptors (Lipinski definition) is 6. The van der Waals surface area contributed by atoms with Crippen LogP contribution in [0.1, 0.15) is 23.4 Å². The molecule has 1 saturated heterocycles. The molecule has 0 saturated carbocycles. The fourth-order valence-corrected chi connectivity index (χ4v) is 5.14. The summed E-state index contributed by atoms with van der Waals surface area (Å²) in [5, 5.41) is 3.77. The van der Waals surface area contributed by atoms with Crippen molar-refractivity contribution >= 4 is 28.1 Å². The molecule has 2 heterocycles. The number of thiazole rings is 1. The average molecular weight is 414 g/mol. The van der Waals surface area contributed by atoms with Crippen molar-refractivity contribution in [3.8, 4) is 0 Å². The monoisotopic (exact) mass is 413 g/mol. The molecule has 1 fully saturated rings. The van der Waals surface area contributed by atoms with Gasteiger partial charge in [0, 0.05) is 49.8 Å². The van der Waals surface area contributed by atoms with E-state index in [0.717, 1.165) is 57.2 Å². The van der Waals surface area contributed by atoms with E-state index in [4.69, 9.17) is 0 Å². The molecule has 2 aliphatic rings. The minimum Gasteiger partial charge on any atom is -0.369 e. The number of rotatable bonds is 7. The normalized spacial score (nSPS) is 17.4. The Morgan fingerprint density at radius 3 is 2.66 bits per heavy atom. The molecule has 1 aromatic carbocycles. The van der Waals surface area contributed by atoms with Gasteiger partial charge in [-0.25, -0.2) is 4.98 Å².